The van der Waals surface area contributed by atoms with Crippen LogP contribution in [0.3, 0.4) is 0 Å². The summed E-state index contributed by atoms with van der Waals surface area (Å²) in [6.07, 6.45) is 19.2. The van der Waals surface area contributed by atoms with Crippen LogP contribution in [0.5, 0.6) is 0 Å². The van der Waals surface area contributed by atoms with Crippen LogP contribution in [0.2, 0.25) is 0 Å². The van der Waals surface area contributed by atoms with E-state index in [1.54, 1.807) is 0 Å². The summed E-state index contributed by atoms with van der Waals surface area (Å²) in [5.74, 6) is 1.48. The lowest BCUT2D eigenvalue weighted by molar-refractivity contribution is 0.960. The molecule has 0 fully saturated rings. The smallest absolute Gasteiger partial charge is 0.165 e. The zero-order valence-corrected chi connectivity index (χ0v) is 37.3. The van der Waals surface area contributed by atoms with E-state index in [9.17, 15) is 0 Å². The van der Waals surface area contributed by atoms with Gasteiger partial charge in [0, 0.05) is 111 Å². The second-order valence-electron chi connectivity index (χ2n) is 17.6. The van der Waals surface area contributed by atoms with Crippen LogP contribution in [0, 0.1) is 0 Å². The first kappa shape index (κ1) is 38.3. The Labute approximate surface area is 398 Å². The first-order chi connectivity index (χ1) is 34.8. The van der Waals surface area contributed by atoms with Crippen molar-refractivity contribution in [3.8, 4) is 45.3 Å². The Hall–Kier alpha value is -9.80. The largest absolute Gasteiger partial charge is 0.305 e. The maximum Gasteiger partial charge on any atom is 0.165 e. The number of fused-ring (bicyclic) bond motifs is 12. The molecule has 0 aliphatic carbocycles. The molecule has 0 aliphatic rings. The fourth-order valence-corrected chi connectivity index (χ4v) is 11.2. The summed E-state index contributed by atoms with van der Waals surface area (Å²) < 4.78 is 9.53. The van der Waals surface area contributed by atoms with Gasteiger partial charge in [-0.05, 0) is 83.4 Å². The van der Waals surface area contributed by atoms with Crippen LogP contribution in [0.15, 0.2) is 220 Å². The van der Waals surface area contributed by atoms with Gasteiger partial charge < -0.3 is 9.13 Å². The van der Waals surface area contributed by atoms with Gasteiger partial charge in [-0.15, -0.1) is 0 Å². The van der Waals surface area contributed by atoms with E-state index >= 15 is 0 Å². The molecule has 0 spiro atoms. The third-order valence-corrected chi connectivity index (χ3v) is 14.0. The third kappa shape index (κ3) is 5.38. The van der Waals surface area contributed by atoms with Crippen molar-refractivity contribution in [1.29, 1.82) is 0 Å². The molecule has 0 atom stereocenters. The Morgan fingerprint density at radius 1 is 0.257 bits per heavy atom. The van der Waals surface area contributed by atoms with Crippen molar-refractivity contribution < 1.29 is 0 Å². The molecular formula is C60H36N10. The first-order valence-electron chi connectivity index (χ1n) is 23.2. The first-order valence-corrected chi connectivity index (χ1v) is 23.2. The molecule has 0 saturated heterocycles. The van der Waals surface area contributed by atoms with Gasteiger partial charge in [-0.3, -0.25) is 34.1 Å². The molecule has 0 amide bonds. The monoisotopic (exact) mass is 896 g/mol. The van der Waals surface area contributed by atoms with E-state index in [1.807, 2.05) is 62.0 Å². The molecule has 5 aromatic carbocycles. The van der Waals surface area contributed by atoms with Gasteiger partial charge in [0.2, 0.25) is 0 Å². The maximum atomic E-state index is 6.27. The van der Waals surface area contributed by atoms with Crippen molar-refractivity contribution in [2.45, 2.75) is 0 Å². The molecule has 326 valence electrons. The summed E-state index contributed by atoms with van der Waals surface area (Å²) >= 11 is 0. The Balaban J connectivity index is 1.28. The quantitative estimate of drug-likeness (QED) is 0.165. The van der Waals surface area contributed by atoms with Crippen LogP contribution in [-0.2, 0) is 0 Å². The Morgan fingerprint density at radius 2 is 0.600 bits per heavy atom. The van der Waals surface area contributed by atoms with E-state index in [-0.39, 0.29) is 0 Å². The highest BCUT2D eigenvalue weighted by Gasteiger charge is 2.32. The van der Waals surface area contributed by atoms with Crippen LogP contribution >= 0.6 is 0 Å². The average Bonchev–Trinajstić information content (AvgIpc) is 4.16. The second-order valence-corrected chi connectivity index (χ2v) is 17.6. The van der Waals surface area contributed by atoms with Crippen molar-refractivity contribution in [3.05, 3.63) is 220 Å². The number of pyridine rings is 6. The van der Waals surface area contributed by atoms with Gasteiger partial charge >= 0.3 is 0 Å². The number of benzene rings is 5. The van der Waals surface area contributed by atoms with Gasteiger partial charge in [-0.25, -0.2) is 4.98 Å². The third-order valence-electron chi connectivity index (χ3n) is 14.0. The molecule has 15 aromatic rings. The molecule has 70 heavy (non-hydrogen) atoms. The standard InChI is InChI=1S/C60H36N10/c1-5-16-48-40(12-1)44-33-62-28-22-52(44)67(48)57-56(39-11-9-10-38(32-39)37-20-26-61-27-21-37)58(68-49-17-6-2-13-41(49)45-34-63-29-23-53(45)68)60(70-51-19-8-4-15-43(51)47-36-65-31-25-55(47)70)66-59(57)69-50-18-7-3-14-42(50)46-35-64-30-24-54(46)69/h1-36H. The van der Waals surface area contributed by atoms with Gasteiger partial charge in [0.1, 0.15) is 11.4 Å². The van der Waals surface area contributed by atoms with Crippen molar-refractivity contribution in [3.63, 3.8) is 0 Å². The lowest BCUT2D eigenvalue weighted by atomic mass is 9.96. The molecule has 15 rings (SSSR count). The van der Waals surface area contributed by atoms with Crippen molar-refractivity contribution in [2.24, 2.45) is 0 Å². The van der Waals surface area contributed by atoms with Crippen LogP contribution in [-0.4, -0.2) is 48.2 Å². The lowest BCUT2D eigenvalue weighted by Crippen LogP contribution is -2.16. The molecule has 0 radical (unpaired) electrons. The molecular weight excluding hydrogens is 861 g/mol. The van der Waals surface area contributed by atoms with Gasteiger partial charge in [-0.1, -0.05) is 91.0 Å². The van der Waals surface area contributed by atoms with E-state index in [0.717, 1.165) is 132 Å². The number of para-hydroxylation sites is 4. The average molecular weight is 897 g/mol. The number of aromatic nitrogens is 10. The SMILES string of the molecule is c1cc(-c2ccncc2)cc(-c2c(-n3c4ccccc4c4cnccc43)c(-n3c4ccccc4c4cnccc43)nc(-n3c4ccccc4c4cnccc43)c2-n2c3ccccc3c3cnccc32)c1. The van der Waals surface area contributed by atoms with Crippen molar-refractivity contribution >= 4 is 87.2 Å². The molecule has 0 N–H and O–H groups in total. The van der Waals surface area contributed by atoms with E-state index in [0.29, 0.717) is 0 Å². The normalized spacial score (nSPS) is 12.0. The second kappa shape index (κ2) is 14.9. The molecule has 10 aromatic heterocycles. The minimum absolute atomic E-state index is 0.738. The number of rotatable bonds is 6. The molecule has 10 nitrogen and oxygen atoms in total. The summed E-state index contributed by atoms with van der Waals surface area (Å²) in [5.41, 5.74) is 13.9. The minimum Gasteiger partial charge on any atom is -0.305 e. The molecule has 0 saturated carbocycles. The minimum atomic E-state index is 0.738. The Bertz CT molecular complexity index is 4150. The zero-order valence-electron chi connectivity index (χ0n) is 37.3. The summed E-state index contributed by atoms with van der Waals surface area (Å²) in [5, 5.41) is 8.46. The van der Waals surface area contributed by atoms with Gasteiger partial charge in [-0.2, -0.15) is 0 Å². The summed E-state index contributed by atoms with van der Waals surface area (Å²) in [7, 11) is 0. The van der Waals surface area contributed by atoms with Crippen molar-refractivity contribution in [2.75, 3.05) is 0 Å². The molecule has 0 unspecified atom stereocenters. The summed E-state index contributed by atoms with van der Waals surface area (Å²) in [6.45, 7) is 0. The van der Waals surface area contributed by atoms with Crippen LogP contribution in [0.25, 0.3) is 132 Å². The maximum absolute atomic E-state index is 6.27. The summed E-state index contributed by atoms with van der Waals surface area (Å²) in [4.78, 5) is 29.5. The molecule has 0 bridgehead atoms. The molecule has 10 heterocycles. The zero-order chi connectivity index (χ0) is 45.9. The number of nitrogens with zero attached hydrogens (tertiary/aromatic N) is 10. The topological polar surface area (TPSA) is 97.1 Å². The molecule has 10 heteroatoms. The van der Waals surface area contributed by atoms with Crippen LogP contribution < -0.4 is 0 Å². The Morgan fingerprint density at radius 3 is 1.03 bits per heavy atom. The van der Waals surface area contributed by atoms with Gasteiger partial charge in [0.05, 0.1) is 44.1 Å². The van der Waals surface area contributed by atoms with E-state index in [4.69, 9.17) is 24.9 Å². The fourth-order valence-electron chi connectivity index (χ4n) is 11.2. The van der Waals surface area contributed by atoms with Gasteiger partial charge in [0.15, 0.2) is 11.6 Å². The lowest BCUT2D eigenvalue weighted by Gasteiger charge is -2.27. The molecule has 0 aliphatic heterocycles. The van der Waals surface area contributed by atoms with E-state index in [2.05, 4.69) is 181 Å². The number of hydrogen-bond acceptors (Lipinski definition) is 6. The van der Waals surface area contributed by atoms with E-state index < -0.39 is 0 Å². The van der Waals surface area contributed by atoms with Crippen LogP contribution in [0.4, 0.5) is 0 Å². The highest BCUT2D eigenvalue weighted by Crippen LogP contribution is 2.49. The number of hydrogen-bond donors (Lipinski definition) is 0. The van der Waals surface area contributed by atoms with Crippen molar-refractivity contribution in [1.82, 2.24) is 48.2 Å². The van der Waals surface area contributed by atoms with Crippen LogP contribution in [0.1, 0.15) is 0 Å². The highest BCUT2D eigenvalue weighted by atomic mass is 15.2. The fraction of sp³-hybridized carbons (Fsp3) is 0. The predicted molar refractivity (Wildman–Crippen MR) is 281 cm³/mol. The summed E-state index contributed by atoms with van der Waals surface area (Å²) in [6, 6.07) is 56.0. The van der Waals surface area contributed by atoms with Gasteiger partial charge in [0.25, 0.3) is 0 Å². The Kier molecular flexibility index (Phi) is 8.13. The van der Waals surface area contributed by atoms with E-state index in [1.165, 1.54) is 0 Å². The predicted octanol–water partition coefficient (Wildman–Crippen LogP) is 13.8. The highest BCUT2D eigenvalue weighted by molar-refractivity contribution is 6.15.